The van der Waals surface area contributed by atoms with Crippen LogP contribution < -0.4 is 5.32 Å². The Kier molecular flexibility index (Phi) is 2.76. The molecule has 18 heavy (non-hydrogen) atoms. The number of aromatic nitrogens is 2. The molecule has 90 valence electrons. The van der Waals surface area contributed by atoms with Gasteiger partial charge >= 0.3 is 0 Å². The molecule has 0 fully saturated rings. The standard InChI is InChI=1S/C13H10BrN3O/c1-8-16-11-6-10(3-4-12(11)18-8)17-13-5-2-9(14)7-15-13/h2-7H,1H3,(H,15,17). The zero-order valence-corrected chi connectivity index (χ0v) is 11.2. The summed E-state index contributed by atoms with van der Waals surface area (Å²) in [6.45, 7) is 1.84. The van der Waals surface area contributed by atoms with E-state index in [4.69, 9.17) is 4.42 Å². The van der Waals surface area contributed by atoms with Crippen molar-refractivity contribution in [1.82, 2.24) is 9.97 Å². The zero-order chi connectivity index (χ0) is 12.5. The van der Waals surface area contributed by atoms with E-state index >= 15 is 0 Å². The summed E-state index contributed by atoms with van der Waals surface area (Å²) in [5.41, 5.74) is 2.57. The summed E-state index contributed by atoms with van der Waals surface area (Å²) < 4.78 is 6.38. The number of oxazole rings is 1. The van der Waals surface area contributed by atoms with E-state index in [1.165, 1.54) is 0 Å². The Morgan fingerprint density at radius 3 is 2.89 bits per heavy atom. The predicted molar refractivity (Wildman–Crippen MR) is 74.0 cm³/mol. The van der Waals surface area contributed by atoms with E-state index in [0.717, 1.165) is 27.1 Å². The molecule has 0 unspecified atom stereocenters. The molecule has 0 saturated heterocycles. The van der Waals surface area contributed by atoms with Crippen molar-refractivity contribution in [3.63, 3.8) is 0 Å². The van der Waals surface area contributed by atoms with Crippen molar-refractivity contribution in [2.75, 3.05) is 5.32 Å². The van der Waals surface area contributed by atoms with Gasteiger partial charge in [0, 0.05) is 23.3 Å². The molecule has 0 atom stereocenters. The fourth-order valence-corrected chi connectivity index (χ4v) is 1.95. The second-order valence-electron chi connectivity index (χ2n) is 3.90. The third kappa shape index (κ3) is 2.22. The van der Waals surface area contributed by atoms with Crippen molar-refractivity contribution in [1.29, 1.82) is 0 Å². The minimum Gasteiger partial charge on any atom is -0.441 e. The van der Waals surface area contributed by atoms with Gasteiger partial charge in [-0.15, -0.1) is 0 Å². The van der Waals surface area contributed by atoms with Crippen LogP contribution in [-0.2, 0) is 0 Å². The number of pyridine rings is 1. The van der Waals surface area contributed by atoms with Crippen LogP contribution in [0.3, 0.4) is 0 Å². The number of nitrogens with zero attached hydrogens (tertiary/aromatic N) is 2. The minimum absolute atomic E-state index is 0.670. The first kappa shape index (κ1) is 11.2. The minimum atomic E-state index is 0.670. The van der Waals surface area contributed by atoms with E-state index in [0.29, 0.717) is 5.89 Å². The van der Waals surface area contributed by atoms with Crippen molar-refractivity contribution in [3.8, 4) is 0 Å². The van der Waals surface area contributed by atoms with Crippen LogP contribution in [0.4, 0.5) is 11.5 Å². The number of benzene rings is 1. The van der Waals surface area contributed by atoms with E-state index in [2.05, 4.69) is 31.2 Å². The Balaban J connectivity index is 1.92. The monoisotopic (exact) mass is 303 g/mol. The molecule has 5 heteroatoms. The quantitative estimate of drug-likeness (QED) is 0.776. The predicted octanol–water partition coefficient (Wildman–Crippen LogP) is 4.04. The van der Waals surface area contributed by atoms with Gasteiger partial charge in [0.25, 0.3) is 0 Å². The average molecular weight is 304 g/mol. The van der Waals surface area contributed by atoms with Crippen molar-refractivity contribution < 1.29 is 4.42 Å². The number of nitrogens with one attached hydrogen (secondary N) is 1. The van der Waals surface area contributed by atoms with Gasteiger partial charge in [-0.1, -0.05) is 0 Å². The van der Waals surface area contributed by atoms with Crippen molar-refractivity contribution >= 4 is 38.5 Å². The van der Waals surface area contributed by atoms with E-state index in [1.807, 2.05) is 37.3 Å². The van der Waals surface area contributed by atoms with E-state index < -0.39 is 0 Å². The van der Waals surface area contributed by atoms with Gasteiger partial charge in [-0.05, 0) is 46.3 Å². The molecule has 0 radical (unpaired) electrons. The number of hydrogen-bond acceptors (Lipinski definition) is 4. The molecule has 1 aromatic carbocycles. The molecule has 0 aliphatic heterocycles. The van der Waals surface area contributed by atoms with Crippen LogP contribution in [-0.4, -0.2) is 9.97 Å². The maximum atomic E-state index is 5.43. The van der Waals surface area contributed by atoms with Gasteiger partial charge < -0.3 is 9.73 Å². The average Bonchev–Trinajstić information content (AvgIpc) is 2.71. The molecule has 0 amide bonds. The smallest absolute Gasteiger partial charge is 0.192 e. The van der Waals surface area contributed by atoms with Crippen LogP contribution in [0.2, 0.25) is 0 Å². The summed E-state index contributed by atoms with van der Waals surface area (Å²) in [4.78, 5) is 8.55. The third-order valence-electron chi connectivity index (χ3n) is 2.49. The molecule has 0 aliphatic rings. The SMILES string of the molecule is Cc1nc2cc(Nc3ccc(Br)cn3)ccc2o1. The lowest BCUT2D eigenvalue weighted by Crippen LogP contribution is -1.92. The fourth-order valence-electron chi connectivity index (χ4n) is 1.72. The summed E-state index contributed by atoms with van der Waals surface area (Å²) in [5.74, 6) is 1.46. The molecular formula is C13H10BrN3O. The number of hydrogen-bond donors (Lipinski definition) is 1. The second-order valence-corrected chi connectivity index (χ2v) is 4.82. The highest BCUT2D eigenvalue weighted by Crippen LogP contribution is 2.22. The number of aryl methyl sites for hydroxylation is 1. The van der Waals surface area contributed by atoms with Crippen LogP contribution in [0.15, 0.2) is 45.4 Å². The van der Waals surface area contributed by atoms with Crippen molar-refractivity contribution in [2.24, 2.45) is 0 Å². The molecule has 0 bridgehead atoms. The van der Waals surface area contributed by atoms with Gasteiger partial charge in [0.05, 0.1) is 0 Å². The van der Waals surface area contributed by atoms with Gasteiger partial charge in [0.1, 0.15) is 11.3 Å². The molecule has 3 aromatic rings. The first-order valence-corrected chi connectivity index (χ1v) is 6.26. The molecule has 1 N–H and O–H groups in total. The van der Waals surface area contributed by atoms with Crippen LogP contribution in [0, 0.1) is 6.92 Å². The van der Waals surface area contributed by atoms with Gasteiger partial charge in [-0.3, -0.25) is 0 Å². The lowest BCUT2D eigenvalue weighted by molar-refractivity contribution is 0.561. The largest absolute Gasteiger partial charge is 0.441 e. The van der Waals surface area contributed by atoms with Crippen molar-refractivity contribution in [2.45, 2.75) is 6.92 Å². The lowest BCUT2D eigenvalue weighted by atomic mass is 10.3. The van der Waals surface area contributed by atoms with E-state index in [-0.39, 0.29) is 0 Å². The van der Waals surface area contributed by atoms with Crippen LogP contribution in [0.1, 0.15) is 5.89 Å². The first-order chi connectivity index (χ1) is 8.70. The van der Waals surface area contributed by atoms with Crippen LogP contribution >= 0.6 is 15.9 Å². The second kappa shape index (κ2) is 4.42. The zero-order valence-electron chi connectivity index (χ0n) is 9.64. The summed E-state index contributed by atoms with van der Waals surface area (Å²) >= 11 is 3.35. The van der Waals surface area contributed by atoms with Gasteiger partial charge in [0.2, 0.25) is 0 Å². The van der Waals surface area contributed by atoms with Crippen LogP contribution in [0.5, 0.6) is 0 Å². The molecule has 4 nitrogen and oxygen atoms in total. The Hall–Kier alpha value is -1.88. The molecule has 0 aliphatic carbocycles. The molecule has 0 spiro atoms. The summed E-state index contributed by atoms with van der Waals surface area (Å²) in [5, 5.41) is 3.22. The maximum absolute atomic E-state index is 5.43. The molecule has 2 aromatic heterocycles. The number of halogens is 1. The summed E-state index contributed by atoms with van der Waals surface area (Å²) in [6.07, 6.45) is 1.75. The highest BCUT2D eigenvalue weighted by Gasteiger charge is 2.03. The topological polar surface area (TPSA) is 51.0 Å². The number of anilines is 2. The van der Waals surface area contributed by atoms with Crippen molar-refractivity contribution in [3.05, 3.63) is 46.9 Å². The number of rotatable bonds is 2. The number of fused-ring (bicyclic) bond motifs is 1. The summed E-state index contributed by atoms with van der Waals surface area (Å²) in [6, 6.07) is 9.62. The van der Waals surface area contributed by atoms with Gasteiger partial charge in [0.15, 0.2) is 11.5 Å². The maximum Gasteiger partial charge on any atom is 0.192 e. The fraction of sp³-hybridized carbons (Fsp3) is 0.0769. The Morgan fingerprint density at radius 1 is 1.22 bits per heavy atom. The lowest BCUT2D eigenvalue weighted by Gasteiger charge is -2.04. The Bertz CT molecular complexity index is 691. The molecular weight excluding hydrogens is 294 g/mol. The summed E-state index contributed by atoms with van der Waals surface area (Å²) in [7, 11) is 0. The van der Waals surface area contributed by atoms with E-state index in [1.54, 1.807) is 6.20 Å². The Morgan fingerprint density at radius 2 is 2.11 bits per heavy atom. The first-order valence-electron chi connectivity index (χ1n) is 5.46. The molecule has 2 heterocycles. The van der Waals surface area contributed by atoms with Gasteiger partial charge in [-0.25, -0.2) is 9.97 Å². The van der Waals surface area contributed by atoms with E-state index in [9.17, 15) is 0 Å². The third-order valence-corrected chi connectivity index (χ3v) is 2.96. The highest BCUT2D eigenvalue weighted by atomic mass is 79.9. The Labute approximate surface area is 112 Å². The van der Waals surface area contributed by atoms with Gasteiger partial charge in [-0.2, -0.15) is 0 Å². The molecule has 0 saturated carbocycles. The highest BCUT2D eigenvalue weighted by molar-refractivity contribution is 9.10. The normalized spacial score (nSPS) is 10.8. The molecule has 3 rings (SSSR count). The van der Waals surface area contributed by atoms with Crippen LogP contribution in [0.25, 0.3) is 11.1 Å².